The summed E-state index contributed by atoms with van der Waals surface area (Å²) in [5, 5.41) is 29.2. The zero-order valence-corrected chi connectivity index (χ0v) is 10.2. The Hall–Kier alpha value is -2.77. The SMILES string of the molecule is CC(C)c1cccc(NC(C#N)=C(C#N)C#N)c1. The number of anilines is 1. The second-order valence-corrected chi connectivity index (χ2v) is 3.99. The smallest absolute Gasteiger partial charge is 0.163 e. The predicted octanol–water partition coefficient (Wildman–Crippen LogP) is 3.05. The van der Waals surface area contributed by atoms with E-state index < -0.39 is 0 Å². The molecule has 4 nitrogen and oxygen atoms in total. The van der Waals surface area contributed by atoms with E-state index in [0.29, 0.717) is 11.6 Å². The Kier molecular flexibility index (Phi) is 4.50. The predicted molar refractivity (Wildman–Crippen MR) is 68.0 cm³/mol. The molecule has 1 N–H and O–H groups in total. The van der Waals surface area contributed by atoms with Crippen LogP contribution in [-0.2, 0) is 0 Å². The fraction of sp³-hybridized carbons (Fsp3) is 0.214. The quantitative estimate of drug-likeness (QED) is 0.817. The second-order valence-electron chi connectivity index (χ2n) is 3.99. The van der Waals surface area contributed by atoms with Crippen LogP contribution in [-0.4, -0.2) is 0 Å². The summed E-state index contributed by atoms with van der Waals surface area (Å²) in [5.74, 6) is 0.368. The molecular formula is C14H12N4. The van der Waals surface area contributed by atoms with Crippen molar-refractivity contribution < 1.29 is 0 Å². The standard InChI is InChI=1S/C14H12N4/c1-10(2)11-4-3-5-13(6-11)18-14(9-17)12(7-15)8-16/h3-6,10,18H,1-2H3. The van der Waals surface area contributed by atoms with Crippen LogP contribution in [0.1, 0.15) is 25.3 Å². The van der Waals surface area contributed by atoms with Crippen LogP contribution in [0.4, 0.5) is 5.69 Å². The minimum absolute atomic E-state index is 0.0269. The lowest BCUT2D eigenvalue weighted by atomic mass is 10.0. The maximum Gasteiger partial charge on any atom is 0.163 e. The average Bonchev–Trinajstić information content (AvgIpc) is 2.39. The van der Waals surface area contributed by atoms with E-state index in [2.05, 4.69) is 19.2 Å². The third-order valence-electron chi connectivity index (χ3n) is 2.41. The van der Waals surface area contributed by atoms with Crippen LogP contribution in [0.2, 0.25) is 0 Å². The van der Waals surface area contributed by atoms with Gasteiger partial charge < -0.3 is 5.32 Å². The minimum Gasteiger partial charge on any atom is -0.345 e. The summed E-state index contributed by atoms with van der Waals surface area (Å²) in [4.78, 5) is 0. The van der Waals surface area contributed by atoms with Gasteiger partial charge in [0.1, 0.15) is 23.9 Å². The van der Waals surface area contributed by atoms with Crippen molar-refractivity contribution in [1.29, 1.82) is 15.8 Å². The summed E-state index contributed by atoms with van der Waals surface area (Å²) in [6, 6.07) is 12.8. The first kappa shape index (κ1) is 13.3. The van der Waals surface area contributed by atoms with Crippen molar-refractivity contribution in [3.8, 4) is 18.2 Å². The van der Waals surface area contributed by atoms with Crippen molar-refractivity contribution in [2.45, 2.75) is 19.8 Å². The molecule has 0 amide bonds. The molecule has 0 aromatic heterocycles. The van der Waals surface area contributed by atoms with Gasteiger partial charge in [-0.1, -0.05) is 26.0 Å². The number of benzene rings is 1. The van der Waals surface area contributed by atoms with Gasteiger partial charge in [0, 0.05) is 5.69 Å². The van der Waals surface area contributed by atoms with E-state index in [1.54, 1.807) is 18.2 Å². The van der Waals surface area contributed by atoms with Crippen molar-refractivity contribution in [3.63, 3.8) is 0 Å². The third kappa shape index (κ3) is 3.11. The maximum atomic E-state index is 8.93. The Morgan fingerprint density at radius 3 is 2.28 bits per heavy atom. The van der Waals surface area contributed by atoms with Gasteiger partial charge in [-0.05, 0) is 23.6 Å². The molecule has 88 valence electrons. The van der Waals surface area contributed by atoms with Crippen molar-refractivity contribution in [3.05, 3.63) is 41.1 Å². The number of nitrogens with zero attached hydrogens (tertiary/aromatic N) is 3. The topological polar surface area (TPSA) is 83.4 Å². The van der Waals surface area contributed by atoms with Gasteiger partial charge >= 0.3 is 0 Å². The molecule has 0 fully saturated rings. The number of nitrogens with one attached hydrogen (secondary N) is 1. The molecule has 0 bridgehead atoms. The van der Waals surface area contributed by atoms with Crippen molar-refractivity contribution >= 4 is 5.69 Å². The van der Waals surface area contributed by atoms with E-state index in [-0.39, 0.29) is 11.3 Å². The summed E-state index contributed by atoms with van der Waals surface area (Å²) >= 11 is 0. The Morgan fingerprint density at radius 1 is 1.11 bits per heavy atom. The molecule has 0 radical (unpaired) electrons. The minimum atomic E-state index is -0.215. The fourth-order valence-electron chi connectivity index (χ4n) is 1.40. The zero-order chi connectivity index (χ0) is 13.5. The van der Waals surface area contributed by atoms with Crippen LogP contribution < -0.4 is 5.32 Å². The Labute approximate surface area is 106 Å². The molecular weight excluding hydrogens is 224 g/mol. The highest BCUT2D eigenvalue weighted by Crippen LogP contribution is 2.20. The monoisotopic (exact) mass is 236 g/mol. The van der Waals surface area contributed by atoms with Crippen molar-refractivity contribution in [1.82, 2.24) is 0 Å². The Morgan fingerprint density at radius 2 is 1.78 bits per heavy atom. The maximum absolute atomic E-state index is 8.93. The van der Waals surface area contributed by atoms with Gasteiger partial charge in [-0.2, -0.15) is 15.8 Å². The van der Waals surface area contributed by atoms with Crippen LogP contribution in [0.3, 0.4) is 0 Å². The lowest BCUT2D eigenvalue weighted by molar-refractivity contribution is 0.867. The van der Waals surface area contributed by atoms with Gasteiger partial charge in [0.15, 0.2) is 5.57 Å². The van der Waals surface area contributed by atoms with Gasteiger partial charge in [0.05, 0.1) is 0 Å². The molecule has 0 aliphatic heterocycles. The lowest BCUT2D eigenvalue weighted by Gasteiger charge is -2.09. The second kappa shape index (κ2) is 6.09. The summed E-state index contributed by atoms with van der Waals surface area (Å²) in [6.07, 6.45) is 0. The molecule has 1 rings (SSSR count). The van der Waals surface area contributed by atoms with Gasteiger partial charge in [-0.25, -0.2) is 0 Å². The van der Waals surface area contributed by atoms with Crippen molar-refractivity contribution in [2.75, 3.05) is 5.32 Å². The molecule has 0 saturated carbocycles. The summed E-state index contributed by atoms with van der Waals surface area (Å²) in [7, 11) is 0. The molecule has 18 heavy (non-hydrogen) atoms. The van der Waals surface area contributed by atoms with E-state index in [1.165, 1.54) is 0 Å². The summed E-state index contributed by atoms with van der Waals surface area (Å²) in [5.41, 5.74) is 1.57. The van der Waals surface area contributed by atoms with Gasteiger partial charge in [0.25, 0.3) is 0 Å². The Balaban J connectivity index is 3.10. The molecule has 0 atom stereocenters. The normalized spacial score (nSPS) is 8.89. The Bertz CT molecular complexity index is 575. The van der Waals surface area contributed by atoms with Gasteiger partial charge in [0.2, 0.25) is 0 Å². The molecule has 1 aromatic carbocycles. The molecule has 0 saturated heterocycles. The summed E-state index contributed by atoms with van der Waals surface area (Å²) in [6.45, 7) is 4.13. The zero-order valence-electron chi connectivity index (χ0n) is 10.2. The molecule has 0 aliphatic rings. The van der Waals surface area contributed by atoms with E-state index in [9.17, 15) is 0 Å². The molecule has 1 aromatic rings. The molecule has 0 spiro atoms. The number of rotatable bonds is 3. The first-order valence-corrected chi connectivity index (χ1v) is 5.44. The molecule has 0 aliphatic carbocycles. The largest absolute Gasteiger partial charge is 0.345 e. The lowest BCUT2D eigenvalue weighted by Crippen LogP contribution is -2.01. The van der Waals surface area contributed by atoms with E-state index in [1.807, 2.05) is 24.3 Å². The molecule has 0 unspecified atom stereocenters. The van der Waals surface area contributed by atoms with Crippen molar-refractivity contribution in [2.24, 2.45) is 0 Å². The number of allylic oxidation sites excluding steroid dienone is 2. The van der Waals surface area contributed by atoms with Crippen LogP contribution >= 0.6 is 0 Å². The highest BCUT2D eigenvalue weighted by molar-refractivity contribution is 5.59. The highest BCUT2D eigenvalue weighted by atomic mass is 14.9. The highest BCUT2D eigenvalue weighted by Gasteiger charge is 2.07. The number of nitriles is 3. The van der Waals surface area contributed by atoms with Crippen LogP contribution in [0.25, 0.3) is 0 Å². The average molecular weight is 236 g/mol. The fourth-order valence-corrected chi connectivity index (χ4v) is 1.40. The van der Waals surface area contributed by atoms with Crippen LogP contribution in [0.5, 0.6) is 0 Å². The summed E-state index contributed by atoms with van der Waals surface area (Å²) < 4.78 is 0. The van der Waals surface area contributed by atoms with E-state index >= 15 is 0 Å². The van der Waals surface area contributed by atoms with Gasteiger partial charge in [-0.15, -0.1) is 0 Å². The van der Waals surface area contributed by atoms with Crippen LogP contribution in [0.15, 0.2) is 35.5 Å². The van der Waals surface area contributed by atoms with E-state index in [4.69, 9.17) is 15.8 Å². The third-order valence-corrected chi connectivity index (χ3v) is 2.41. The number of hydrogen-bond donors (Lipinski definition) is 1. The van der Waals surface area contributed by atoms with E-state index in [0.717, 1.165) is 5.56 Å². The first-order chi connectivity index (χ1) is 8.62. The first-order valence-electron chi connectivity index (χ1n) is 5.44. The molecule has 4 heteroatoms. The molecule has 0 heterocycles. The number of hydrogen-bond acceptors (Lipinski definition) is 4. The van der Waals surface area contributed by atoms with Gasteiger partial charge in [-0.3, -0.25) is 0 Å². The van der Waals surface area contributed by atoms with Crippen LogP contribution in [0, 0.1) is 34.0 Å².